The Hall–Kier alpha value is -3.40. The van der Waals surface area contributed by atoms with Gasteiger partial charge in [-0.15, -0.1) is 0 Å². The normalized spacial score (nSPS) is 19.1. The zero-order valence-corrected chi connectivity index (χ0v) is 17.6. The van der Waals surface area contributed by atoms with Crippen molar-refractivity contribution in [3.63, 3.8) is 0 Å². The molecule has 0 bridgehead atoms. The first-order valence-electron chi connectivity index (χ1n) is 9.96. The molecule has 172 valence electrons. The Kier molecular flexibility index (Phi) is 7.14. The second kappa shape index (κ2) is 9.82. The predicted octanol–water partition coefficient (Wildman–Crippen LogP) is 2.89. The number of halogens is 2. The maximum Gasteiger partial charge on any atom is 0.387 e. The van der Waals surface area contributed by atoms with E-state index in [1.165, 1.54) is 31.2 Å². The zero-order chi connectivity index (χ0) is 23.3. The first-order chi connectivity index (χ1) is 15.2. The summed E-state index contributed by atoms with van der Waals surface area (Å²) < 4.78 is 39.8. The predicted molar refractivity (Wildman–Crippen MR) is 110 cm³/mol. The van der Waals surface area contributed by atoms with E-state index in [1.54, 1.807) is 24.3 Å². The number of hydrogen-bond donors (Lipinski definition) is 2. The van der Waals surface area contributed by atoms with E-state index in [0.717, 1.165) is 4.90 Å². The Morgan fingerprint density at radius 3 is 2.12 bits per heavy atom. The smallest absolute Gasteiger partial charge is 0.387 e. The van der Waals surface area contributed by atoms with Gasteiger partial charge in [0.15, 0.2) is 0 Å². The van der Waals surface area contributed by atoms with Gasteiger partial charge in [-0.25, -0.2) is 4.79 Å². The summed E-state index contributed by atoms with van der Waals surface area (Å²) >= 11 is 0. The van der Waals surface area contributed by atoms with E-state index in [2.05, 4.69) is 10.1 Å². The molecular formula is C22H24F2N2O6. The summed E-state index contributed by atoms with van der Waals surface area (Å²) in [5.74, 6) is 0.543. The summed E-state index contributed by atoms with van der Waals surface area (Å²) in [5.41, 5.74) is -1.02. The summed E-state index contributed by atoms with van der Waals surface area (Å²) in [4.78, 5) is 26.2. The Labute approximate surface area is 183 Å². The molecule has 3 rings (SSSR count). The second-order valence-electron chi connectivity index (χ2n) is 7.24. The van der Waals surface area contributed by atoms with Gasteiger partial charge in [0, 0.05) is 0 Å². The minimum Gasteiger partial charge on any atom is -0.494 e. The summed E-state index contributed by atoms with van der Waals surface area (Å²) in [6.45, 7) is 0.534. The first-order valence-corrected chi connectivity index (χ1v) is 9.96. The molecule has 2 atom stereocenters. The lowest BCUT2D eigenvalue weighted by Crippen LogP contribution is -2.42. The molecule has 2 aromatic rings. The molecule has 8 nitrogen and oxygen atoms in total. The fraction of sp³-hybridized carbons (Fsp3) is 0.364. The van der Waals surface area contributed by atoms with E-state index >= 15 is 0 Å². The number of β-amino-alcohol motifs (C(OH)–C–C–N with tert-alkyl or cyclic N) is 1. The Balaban J connectivity index is 1.60. The van der Waals surface area contributed by atoms with E-state index < -0.39 is 30.2 Å². The van der Waals surface area contributed by atoms with Gasteiger partial charge in [0.05, 0.1) is 13.2 Å². The molecule has 32 heavy (non-hydrogen) atoms. The van der Waals surface area contributed by atoms with Crippen LogP contribution >= 0.6 is 0 Å². The van der Waals surface area contributed by atoms with Crippen molar-refractivity contribution in [1.82, 2.24) is 10.2 Å². The van der Waals surface area contributed by atoms with Crippen molar-refractivity contribution in [3.8, 4) is 17.2 Å². The molecule has 0 aliphatic carbocycles. The van der Waals surface area contributed by atoms with Crippen LogP contribution in [0.2, 0.25) is 0 Å². The summed E-state index contributed by atoms with van der Waals surface area (Å²) in [5, 5.41) is 12.9. The van der Waals surface area contributed by atoms with Gasteiger partial charge in [0.2, 0.25) is 0 Å². The van der Waals surface area contributed by atoms with Crippen LogP contribution in [0.5, 0.6) is 17.2 Å². The third kappa shape index (κ3) is 5.25. The molecule has 2 unspecified atom stereocenters. The largest absolute Gasteiger partial charge is 0.494 e. The molecule has 1 aliphatic rings. The number of ether oxygens (including phenoxy) is 3. The highest BCUT2D eigenvalue weighted by Gasteiger charge is 2.49. The van der Waals surface area contributed by atoms with Crippen LogP contribution < -0.4 is 19.5 Å². The third-order valence-electron chi connectivity index (χ3n) is 4.90. The molecule has 3 amide bonds. The number of aliphatic hydroxyl groups is 1. The van der Waals surface area contributed by atoms with Crippen LogP contribution in [0.25, 0.3) is 0 Å². The average molecular weight is 450 g/mol. The van der Waals surface area contributed by atoms with Crippen molar-refractivity contribution >= 4 is 11.9 Å². The Bertz CT molecular complexity index is 938. The molecule has 1 saturated heterocycles. The van der Waals surface area contributed by atoms with E-state index in [1.807, 2.05) is 6.92 Å². The van der Waals surface area contributed by atoms with E-state index in [-0.39, 0.29) is 18.9 Å². The van der Waals surface area contributed by atoms with Gasteiger partial charge in [-0.1, -0.05) is 12.1 Å². The quantitative estimate of drug-likeness (QED) is 0.541. The lowest BCUT2D eigenvalue weighted by Gasteiger charge is -2.23. The minimum atomic E-state index is -2.97. The van der Waals surface area contributed by atoms with Crippen molar-refractivity contribution in [1.29, 1.82) is 0 Å². The SMILES string of the molecule is CCOc1ccc(OCC(O)CN2C(=O)NC(C)(c3ccc(OC(F)F)cc3)C2=O)cc1. The van der Waals surface area contributed by atoms with Crippen LogP contribution in [-0.4, -0.2) is 54.4 Å². The second-order valence-corrected chi connectivity index (χ2v) is 7.24. The monoisotopic (exact) mass is 450 g/mol. The summed E-state index contributed by atoms with van der Waals surface area (Å²) in [6.07, 6.45) is -1.12. The summed E-state index contributed by atoms with van der Waals surface area (Å²) in [6, 6.07) is 11.6. The lowest BCUT2D eigenvalue weighted by atomic mass is 9.92. The minimum absolute atomic E-state index is 0.0668. The first kappa shape index (κ1) is 23.3. The molecule has 2 N–H and O–H groups in total. The van der Waals surface area contributed by atoms with Crippen molar-refractivity contribution < 1.29 is 37.7 Å². The van der Waals surface area contributed by atoms with E-state index in [9.17, 15) is 23.5 Å². The lowest BCUT2D eigenvalue weighted by molar-refractivity contribution is -0.132. The molecule has 10 heteroatoms. The van der Waals surface area contributed by atoms with Gasteiger partial charge in [0.25, 0.3) is 5.91 Å². The van der Waals surface area contributed by atoms with Crippen molar-refractivity contribution in [3.05, 3.63) is 54.1 Å². The molecule has 0 spiro atoms. The van der Waals surface area contributed by atoms with Gasteiger partial charge < -0.3 is 24.6 Å². The van der Waals surface area contributed by atoms with Crippen LogP contribution in [-0.2, 0) is 10.3 Å². The van der Waals surface area contributed by atoms with Crippen LogP contribution in [0.15, 0.2) is 48.5 Å². The van der Waals surface area contributed by atoms with Gasteiger partial charge in [-0.05, 0) is 55.8 Å². The number of alkyl halides is 2. The number of imide groups is 1. The highest BCUT2D eigenvalue weighted by molar-refractivity contribution is 6.07. The van der Waals surface area contributed by atoms with Gasteiger partial charge in [-0.2, -0.15) is 8.78 Å². The van der Waals surface area contributed by atoms with E-state index in [0.29, 0.717) is 23.7 Å². The van der Waals surface area contributed by atoms with Crippen molar-refractivity contribution in [2.45, 2.75) is 32.1 Å². The molecule has 1 heterocycles. The van der Waals surface area contributed by atoms with Gasteiger partial charge >= 0.3 is 12.6 Å². The summed E-state index contributed by atoms with van der Waals surface area (Å²) in [7, 11) is 0. The van der Waals surface area contributed by atoms with Crippen LogP contribution in [0, 0.1) is 0 Å². The fourth-order valence-electron chi connectivity index (χ4n) is 3.28. The molecule has 1 aliphatic heterocycles. The molecule has 2 aromatic carbocycles. The van der Waals surface area contributed by atoms with Crippen molar-refractivity contribution in [2.75, 3.05) is 19.8 Å². The zero-order valence-electron chi connectivity index (χ0n) is 17.6. The van der Waals surface area contributed by atoms with Crippen molar-refractivity contribution in [2.24, 2.45) is 0 Å². The number of benzene rings is 2. The van der Waals surface area contributed by atoms with Crippen LogP contribution in [0.4, 0.5) is 13.6 Å². The number of amides is 3. The fourth-order valence-corrected chi connectivity index (χ4v) is 3.28. The number of rotatable bonds is 10. The van der Waals surface area contributed by atoms with Crippen LogP contribution in [0.1, 0.15) is 19.4 Å². The van der Waals surface area contributed by atoms with Gasteiger partial charge in [-0.3, -0.25) is 9.69 Å². The average Bonchev–Trinajstić information content (AvgIpc) is 2.97. The number of carbonyl (C=O) groups excluding carboxylic acids is 2. The maximum atomic E-state index is 12.9. The Morgan fingerprint density at radius 1 is 1.00 bits per heavy atom. The third-order valence-corrected chi connectivity index (χ3v) is 4.90. The number of carbonyl (C=O) groups is 2. The number of hydrogen-bond acceptors (Lipinski definition) is 6. The highest BCUT2D eigenvalue weighted by Crippen LogP contribution is 2.30. The standard InChI is InChI=1S/C22H24F2N2O6/c1-3-30-16-8-10-17(11-9-16)31-13-15(27)12-26-19(28)22(2,25-21(26)29)14-4-6-18(7-5-14)32-20(23)24/h4-11,15,20,27H,3,12-13H2,1-2H3,(H,25,29). The molecular weight excluding hydrogens is 426 g/mol. The van der Waals surface area contributed by atoms with Gasteiger partial charge in [0.1, 0.15) is 35.5 Å². The number of urea groups is 1. The van der Waals surface area contributed by atoms with E-state index in [4.69, 9.17) is 9.47 Å². The highest BCUT2D eigenvalue weighted by atomic mass is 19.3. The maximum absolute atomic E-state index is 12.9. The van der Waals surface area contributed by atoms with Crippen LogP contribution in [0.3, 0.4) is 0 Å². The number of nitrogens with zero attached hydrogens (tertiary/aromatic N) is 1. The Morgan fingerprint density at radius 2 is 1.56 bits per heavy atom. The molecule has 0 radical (unpaired) electrons. The number of aliphatic hydroxyl groups excluding tert-OH is 1. The molecule has 1 fully saturated rings. The molecule has 0 aromatic heterocycles. The number of nitrogens with one attached hydrogen (secondary N) is 1. The molecule has 0 saturated carbocycles. The topological polar surface area (TPSA) is 97.3 Å².